The van der Waals surface area contributed by atoms with Gasteiger partial charge in [0.05, 0.1) is 0 Å². The van der Waals surface area contributed by atoms with E-state index in [0.29, 0.717) is 5.69 Å². The predicted octanol–water partition coefficient (Wildman–Crippen LogP) is 4.39. The van der Waals surface area contributed by atoms with Crippen molar-refractivity contribution in [3.63, 3.8) is 0 Å². The fraction of sp³-hybridized carbons (Fsp3) is 0.143. The van der Waals surface area contributed by atoms with Crippen molar-refractivity contribution in [1.29, 1.82) is 0 Å². The molecule has 0 unspecified atom stereocenters. The van der Waals surface area contributed by atoms with Crippen LogP contribution in [0.3, 0.4) is 0 Å². The topological polar surface area (TPSA) is 42.0 Å². The second-order valence-corrected chi connectivity index (χ2v) is 5.78. The summed E-state index contributed by atoms with van der Waals surface area (Å²) in [6, 6.07) is 20.6. The number of carbonyl (C=O) groups is 1. The van der Waals surface area contributed by atoms with Crippen LogP contribution in [0.5, 0.6) is 0 Å². The molecular weight excluding hydrogens is 296 g/mol. The van der Waals surface area contributed by atoms with Gasteiger partial charge in [-0.2, -0.15) is 0 Å². The summed E-state index contributed by atoms with van der Waals surface area (Å²) in [7, 11) is 1.63. The minimum absolute atomic E-state index is 0.158. The van der Waals surface area contributed by atoms with Crippen molar-refractivity contribution < 1.29 is 4.79 Å². The first-order valence-electron chi connectivity index (χ1n) is 7.97. The van der Waals surface area contributed by atoms with Crippen LogP contribution in [0.25, 0.3) is 22.3 Å². The summed E-state index contributed by atoms with van der Waals surface area (Å²) in [4.78, 5) is 16.6. The standard InChI is InChI=1S/C21H20N2O/c1-14-13-19(15(2)20(23-14)21(24)22-3)18-12-8-7-11-17(18)16-9-5-4-6-10-16/h4-13H,1-3H3,(H,22,24). The lowest BCUT2D eigenvalue weighted by molar-refractivity contribution is 0.0957. The zero-order valence-corrected chi connectivity index (χ0v) is 14.1. The largest absolute Gasteiger partial charge is 0.354 e. The number of rotatable bonds is 3. The average molecular weight is 316 g/mol. The fourth-order valence-electron chi connectivity index (χ4n) is 2.94. The van der Waals surface area contributed by atoms with E-state index in [2.05, 4.69) is 34.6 Å². The Morgan fingerprint density at radius 1 is 0.875 bits per heavy atom. The highest BCUT2D eigenvalue weighted by molar-refractivity contribution is 5.96. The van der Waals surface area contributed by atoms with Gasteiger partial charge in [0.25, 0.3) is 5.91 Å². The molecule has 0 aliphatic heterocycles. The van der Waals surface area contributed by atoms with Crippen molar-refractivity contribution in [3.8, 4) is 22.3 Å². The van der Waals surface area contributed by atoms with Gasteiger partial charge in [0.2, 0.25) is 0 Å². The summed E-state index contributed by atoms with van der Waals surface area (Å²) >= 11 is 0. The Hall–Kier alpha value is -2.94. The summed E-state index contributed by atoms with van der Waals surface area (Å²) < 4.78 is 0. The molecule has 0 atom stereocenters. The first-order chi connectivity index (χ1) is 11.6. The number of amides is 1. The van der Waals surface area contributed by atoms with Crippen LogP contribution < -0.4 is 5.32 Å². The molecule has 0 saturated heterocycles. The maximum Gasteiger partial charge on any atom is 0.269 e. The minimum atomic E-state index is -0.158. The van der Waals surface area contributed by atoms with E-state index >= 15 is 0 Å². The predicted molar refractivity (Wildman–Crippen MR) is 98.0 cm³/mol. The van der Waals surface area contributed by atoms with Crippen LogP contribution in [0.1, 0.15) is 21.7 Å². The summed E-state index contributed by atoms with van der Waals surface area (Å²) in [6.07, 6.45) is 0. The third-order valence-corrected chi connectivity index (χ3v) is 4.14. The van der Waals surface area contributed by atoms with Crippen molar-refractivity contribution in [2.45, 2.75) is 13.8 Å². The van der Waals surface area contributed by atoms with E-state index in [9.17, 15) is 4.79 Å². The number of benzene rings is 2. The number of pyridine rings is 1. The van der Waals surface area contributed by atoms with E-state index in [4.69, 9.17) is 0 Å². The van der Waals surface area contributed by atoms with Gasteiger partial charge in [-0.3, -0.25) is 4.79 Å². The van der Waals surface area contributed by atoms with Crippen LogP contribution >= 0.6 is 0 Å². The van der Waals surface area contributed by atoms with Crippen molar-refractivity contribution in [2.75, 3.05) is 7.05 Å². The number of aromatic nitrogens is 1. The van der Waals surface area contributed by atoms with Gasteiger partial charge < -0.3 is 5.32 Å². The molecule has 0 spiro atoms. The maximum absolute atomic E-state index is 12.2. The van der Waals surface area contributed by atoms with Gasteiger partial charge in [-0.15, -0.1) is 0 Å². The van der Waals surface area contributed by atoms with Gasteiger partial charge in [-0.25, -0.2) is 4.98 Å². The van der Waals surface area contributed by atoms with E-state index in [-0.39, 0.29) is 5.91 Å². The first-order valence-corrected chi connectivity index (χ1v) is 7.97. The normalized spacial score (nSPS) is 10.5. The van der Waals surface area contributed by atoms with Crippen LogP contribution in [0.4, 0.5) is 0 Å². The van der Waals surface area contributed by atoms with Crippen LogP contribution in [0, 0.1) is 13.8 Å². The molecule has 120 valence electrons. The maximum atomic E-state index is 12.2. The number of aryl methyl sites for hydroxylation is 1. The van der Waals surface area contributed by atoms with Gasteiger partial charge in [0, 0.05) is 12.7 Å². The molecule has 0 bridgehead atoms. The highest BCUT2D eigenvalue weighted by atomic mass is 16.1. The zero-order valence-electron chi connectivity index (χ0n) is 14.1. The van der Waals surface area contributed by atoms with Crippen LogP contribution in [-0.2, 0) is 0 Å². The molecule has 3 aromatic rings. The SMILES string of the molecule is CNC(=O)c1nc(C)cc(-c2ccccc2-c2ccccc2)c1C. The zero-order chi connectivity index (χ0) is 17.1. The van der Waals surface area contributed by atoms with E-state index in [1.54, 1.807) is 7.05 Å². The molecule has 24 heavy (non-hydrogen) atoms. The monoisotopic (exact) mass is 316 g/mol. The minimum Gasteiger partial charge on any atom is -0.354 e. The van der Waals surface area contributed by atoms with Crippen LogP contribution in [0.2, 0.25) is 0 Å². The summed E-state index contributed by atoms with van der Waals surface area (Å²) in [5, 5.41) is 2.67. The quantitative estimate of drug-likeness (QED) is 0.778. The number of hydrogen-bond acceptors (Lipinski definition) is 2. The van der Waals surface area contributed by atoms with Crippen molar-refractivity contribution in [1.82, 2.24) is 10.3 Å². The van der Waals surface area contributed by atoms with E-state index in [1.165, 1.54) is 0 Å². The van der Waals surface area contributed by atoms with Crippen molar-refractivity contribution in [3.05, 3.63) is 77.6 Å². The number of hydrogen-bond donors (Lipinski definition) is 1. The van der Waals surface area contributed by atoms with Crippen LogP contribution in [-0.4, -0.2) is 17.9 Å². The third-order valence-electron chi connectivity index (χ3n) is 4.14. The number of nitrogens with zero attached hydrogens (tertiary/aromatic N) is 1. The van der Waals surface area contributed by atoms with Gasteiger partial charge in [-0.1, -0.05) is 54.6 Å². The molecule has 3 heteroatoms. The second kappa shape index (κ2) is 6.67. The fourth-order valence-corrected chi connectivity index (χ4v) is 2.94. The number of carbonyl (C=O) groups excluding carboxylic acids is 1. The molecule has 1 aromatic heterocycles. The van der Waals surface area contributed by atoms with Crippen LogP contribution in [0.15, 0.2) is 60.7 Å². The lowest BCUT2D eigenvalue weighted by Gasteiger charge is -2.15. The molecule has 0 radical (unpaired) electrons. The smallest absolute Gasteiger partial charge is 0.269 e. The molecule has 1 heterocycles. The Morgan fingerprint density at radius 2 is 1.50 bits per heavy atom. The second-order valence-electron chi connectivity index (χ2n) is 5.78. The molecule has 0 aliphatic rings. The highest BCUT2D eigenvalue weighted by Crippen LogP contribution is 2.34. The average Bonchev–Trinajstić information content (AvgIpc) is 2.63. The molecule has 0 fully saturated rings. The lowest BCUT2D eigenvalue weighted by atomic mass is 9.91. The third kappa shape index (κ3) is 2.93. The van der Waals surface area contributed by atoms with E-state index in [1.807, 2.05) is 50.2 Å². The Bertz CT molecular complexity index is 886. The van der Waals surface area contributed by atoms with Gasteiger partial charge in [0.1, 0.15) is 5.69 Å². The number of nitrogens with one attached hydrogen (secondary N) is 1. The molecule has 1 amide bonds. The Labute approximate surface area is 142 Å². The van der Waals surface area contributed by atoms with Crippen molar-refractivity contribution >= 4 is 5.91 Å². The highest BCUT2D eigenvalue weighted by Gasteiger charge is 2.16. The lowest BCUT2D eigenvalue weighted by Crippen LogP contribution is -2.21. The molecular formula is C21H20N2O. The summed E-state index contributed by atoms with van der Waals surface area (Å²) in [6.45, 7) is 3.87. The molecule has 3 nitrogen and oxygen atoms in total. The first kappa shape index (κ1) is 15.9. The van der Waals surface area contributed by atoms with E-state index < -0.39 is 0 Å². The summed E-state index contributed by atoms with van der Waals surface area (Å²) in [5.74, 6) is -0.158. The molecule has 0 saturated carbocycles. The van der Waals surface area contributed by atoms with E-state index in [0.717, 1.165) is 33.5 Å². The molecule has 3 rings (SSSR count). The van der Waals surface area contributed by atoms with Gasteiger partial charge in [-0.05, 0) is 47.7 Å². The Balaban J connectivity index is 2.25. The van der Waals surface area contributed by atoms with Crippen molar-refractivity contribution in [2.24, 2.45) is 0 Å². The molecule has 1 N–H and O–H groups in total. The van der Waals surface area contributed by atoms with Gasteiger partial charge in [0.15, 0.2) is 0 Å². The Morgan fingerprint density at radius 3 is 2.17 bits per heavy atom. The van der Waals surface area contributed by atoms with Gasteiger partial charge >= 0.3 is 0 Å². The Kier molecular flexibility index (Phi) is 4.43. The summed E-state index contributed by atoms with van der Waals surface area (Å²) in [5.41, 5.74) is 6.66. The molecule has 0 aliphatic carbocycles. The molecule has 2 aromatic carbocycles.